The molecule has 0 aromatic heterocycles. The summed E-state index contributed by atoms with van der Waals surface area (Å²) < 4.78 is 5.25. The van der Waals surface area contributed by atoms with Crippen molar-refractivity contribution in [1.29, 1.82) is 0 Å². The zero-order valence-corrected chi connectivity index (χ0v) is 11.9. The molecule has 0 bridgehead atoms. The number of anilines is 1. The molecule has 1 aromatic rings. The van der Waals surface area contributed by atoms with Crippen molar-refractivity contribution in [3.63, 3.8) is 0 Å². The molecular weight excluding hydrogens is 256 g/mol. The van der Waals surface area contributed by atoms with E-state index in [4.69, 9.17) is 4.74 Å². The van der Waals surface area contributed by atoms with Gasteiger partial charge in [0.15, 0.2) is 0 Å². The molecule has 5 heteroatoms. The monoisotopic (exact) mass is 276 g/mol. The number of rotatable bonds is 3. The minimum atomic E-state index is -0.129. The number of amides is 2. The Morgan fingerprint density at radius 2 is 1.95 bits per heavy atom. The Hall–Kier alpha value is -1.88. The highest BCUT2D eigenvalue weighted by atomic mass is 16.5. The molecule has 108 valence electrons. The highest BCUT2D eigenvalue weighted by molar-refractivity contribution is 5.97. The van der Waals surface area contributed by atoms with E-state index in [2.05, 4.69) is 10.6 Å². The van der Waals surface area contributed by atoms with Crippen LogP contribution in [0.25, 0.3) is 0 Å². The van der Waals surface area contributed by atoms with Gasteiger partial charge < -0.3 is 15.4 Å². The normalized spacial score (nSPS) is 15.7. The van der Waals surface area contributed by atoms with Crippen LogP contribution >= 0.6 is 0 Å². The Balaban J connectivity index is 2.05. The molecular formula is C15H20N2O3. The molecule has 1 aliphatic rings. The number of nitrogens with one attached hydrogen (secondary N) is 2. The summed E-state index contributed by atoms with van der Waals surface area (Å²) in [5.74, 6) is -0.0822. The summed E-state index contributed by atoms with van der Waals surface area (Å²) in [4.78, 5) is 23.7. The van der Waals surface area contributed by atoms with Gasteiger partial charge in [-0.05, 0) is 43.5 Å². The maximum Gasteiger partial charge on any atom is 0.251 e. The number of aryl methyl sites for hydroxylation is 1. The summed E-state index contributed by atoms with van der Waals surface area (Å²) in [7, 11) is 1.60. The van der Waals surface area contributed by atoms with Crippen molar-refractivity contribution in [2.24, 2.45) is 5.92 Å². The number of carbonyl (C=O) groups excluding carboxylic acids is 2. The molecule has 1 saturated heterocycles. The van der Waals surface area contributed by atoms with E-state index in [-0.39, 0.29) is 17.7 Å². The molecule has 0 unspecified atom stereocenters. The largest absolute Gasteiger partial charge is 0.381 e. The third-order valence-electron chi connectivity index (χ3n) is 3.57. The van der Waals surface area contributed by atoms with Crippen LogP contribution in [0.4, 0.5) is 5.69 Å². The third-order valence-corrected chi connectivity index (χ3v) is 3.57. The lowest BCUT2D eigenvalue weighted by Gasteiger charge is -2.21. The van der Waals surface area contributed by atoms with Crippen molar-refractivity contribution < 1.29 is 14.3 Å². The van der Waals surface area contributed by atoms with Gasteiger partial charge in [0.25, 0.3) is 5.91 Å². The Labute approximate surface area is 118 Å². The van der Waals surface area contributed by atoms with Crippen molar-refractivity contribution in [2.75, 3.05) is 25.6 Å². The minimum Gasteiger partial charge on any atom is -0.381 e. The number of hydrogen-bond acceptors (Lipinski definition) is 3. The average molecular weight is 276 g/mol. The maximum atomic E-state index is 12.1. The number of carbonyl (C=O) groups is 2. The second-order valence-electron chi connectivity index (χ2n) is 4.98. The first-order valence-corrected chi connectivity index (χ1v) is 6.83. The predicted molar refractivity (Wildman–Crippen MR) is 76.7 cm³/mol. The molecule has 5 nitrogen and oxygen atoms in total. The molecule has 0 saturated carbocycles. The van der Waals surface area contributed by atoms with Gasteiger partial charge in [0.1, 0.15) is 0 Å². The summed E-state index contributed by atoms with van der Waals surface area (Å²) in [5, 5.41) is 5.52. The van der Waals surface area contributed by atoms with Crippen LogP contribution in [-0.4, -0.2) is 32.1 Å². The van der Waals surface area contributed by atoms with E-state index in [1.807, 2.05) is 6.92 Å². The van der Waals surface area contributed by atoms with Gasteiger partial charge in [-0.25, -0.2) is 0 Å². The zero-order valence-electron chi connectivity index (χ0n) is 11.9. The van der Waals surface area contributed by atoms with Gasteiger partial charge in [-0.2, -0.15) is 0 Å². The zero-order chi connectivity index (χ0) is 14.5. The Morgan fingerprint density at radius 3 is 2.55 bits per heavy atom. The SMILES string of the molecule is CNC(=O)c1ccc(NC(=O)C2CCOCC2)c(C)c1. The highest BCUT2D eigenvalue weighted by Crippen LogP contribution is 2.20. The maximum absolute atomic E-state index is 12.1. The molecule has 0 radical (unpaired) electrons. The molecule has 2 amide bonds. The van der Waals surface area contributed by atoms with E-state index in [9.17, 15) is 9.59 Å². The summed E-state index contributed by atoms with van der Waals surface area (Å²) in [6, 6.07) is 5.26. The quantitative estimate of drug-likeness (QED) is 0.883. The fourth-order valence-corrected chi connectivity index (χ4v) is 2.28. The smallest absolute Gasteiger partial charge is 0.251 e. The number of hydrogen-bond donors (Lipinski definition) is 2. The van der Waals surface area contributed by atoms with Crippen molar-refractivity contribution in [3.8, 4) is 0 Å². The van der Waals surface area contributed by atoms with Crippen LogP contribution in [-0.2, 0) is 9.53 Å². The lowest BCUT2D eigenvalue weighted by atomic mass is 9.99. The van der Waals surface area contributed by atoms with Gasteiger partial charge in [-0.1, -0.05) is 0 Å². The molecule has 2 N–H and O–H groups in total. The van der Waals surface area contributed by atoms with Crippen LogP contribution in [0.1, 0.15) is 28.8 Å². The Bertz CT molecular complexity index is 508. The standard InChI is InChI=1S/C15H20N2O3/c1-10-9-12(14(18)16-2)3-4-13(10)17-15(19)11-5-7-20-8-6-11/h3-4,9,11H,5-8H2,1-2H3,(H,16,18)(H,17,19). The highest BCUT2D eigenvalue weighted by Gasteiger charge is 2.22. The fraction of sp³-hybridized carbons (Fsp3) is 0.467. The third kappa shape index (κ3) is 3.36. The fourth-order valence-electron chi connectivity index (χ4n) is 2.28. The molecule has 0 atom stereocenters. The van der Waals surface area contributed by atoms with Gasteiger partial charge in [-0.3, -0.25) is 9.59 Å². The summed E-state index contributed by atoms with van der Waals surface area (Å²) in [6.07, 6.45) is 1.53. The topological polar surface area (TPSA) is 67.4 Å². The first-order chi connectivity index (χ1) is 9.61. The van der Waals surface area contributed by atoms with Crippen LogP contribution in [0.2, 0.25) is 0 Å². The van der Waals surface area contributed by atoms with Crippen molar-refractivity contribution >= 4 is 17.5 Å². The van der Waals surface area contributed by atoms with Crippen LogP contribution < -0.4 is 10.6 Å². The summed E-state index contributed by atoms with van der Waals surface area (Å²) in [5.41, 5.74) is 2.23. The number of ether oxygens (including phenoxy) is 1. The number of benzene rings is 1. The first kappa shape index (κ1) is 14.5. The molecule has 1 aliphatic heterocycles. The molecule has 0 aliphatic carbocycles. The molecule has 1 fully saturated rings. The molecule has 2 rings (SSSR count). The summed E-state index contributed by atoms with van der Waals surface area (Å²) >= 11 is 0. The van der Waals surface area contributed by atoms with Crippen molar-refractivity contribution in [2.45, 2.75) is 19.8 Å². The van der Waals surface area contributed by atoms with Crippen LogP contribution in [0.15, 0.2) is 18.2 Å². The Kier molecular flexibility index (Phi) is 4.74. The molecule has 0 spiro atoms. The lowest BCUT2D eigenvalue weighted by molar-refractivity contribution is -0.122. The first-order valence-electron chi connectivity index (χ1n) is 6.83. The molecule has 1 heterocycles. The summed E-state index contributed by atoms with van der Waals surface area (Å²) in [6.45, 7) is 3.17. The van der Waals surface area contributed by atoms with E-state index < -0.39 is 0 Å². The van der Waals surface area contributed by atoms with Crippen LogP contribution in [0, 0.1) is 12.8 Å². The molecule has 1 aromatic carbocycles. The second kappa shape index (κ2) is 6.52. The second-order valence-corrected chi connectivity index (χ2v) is 4.98. The van der Waals surface area contributed by atoms with E-state index in [1.54, 1.807) is 25.2 Å². The van der Waals surface area contributed by atoms with Crippen molar-refractivity contribution in [3.05, 3.63) is 29.3 Å². The van der Waals surface area contributed by atoms with Crippen molar-refractivity contribution in [1.82, 2.24) is 5.32 Å². The van der Waals surface area contributed by atoms with E-state index >= 15 is 0 Å². The van der Waals surface area contributed by atoms with Gasteiger partial charge >= 0.3 is 0 Å². The predicted octanol–water partition coefficient (Wildman–Crippen LogP) is 1.72. The van der Waals surface area contributed by atoms with Gasteiger partial charge in [0.2, 0.25) is 5.91 Å². The lowest BCUT2D eigenvalue weighted by Crippen LogP contribution is -2.28. The van der Waals surface area contributed by atoms with E-state index in [1.165, 1.54) is 0 Å². The van der Waals surface area contributed by atoms with Gasteiger partial charge in [0.05, 0.1) is 0 Å². The average Bonchev–Trinajstić information content (AvgIpc) is 2.49. The Morgan fingerprint density at radius 1 is 1.25 bits per heavy atom. The van der Waals surface area contributed by atoms with Crippen LogP contribution in [0.3, 0.4) is 0 Å². The minimum absolute atomic E-state index is 0.0155. The molecule has 20 heavy (non-hydrogen) atoms. The van der Waals surface area contributed by atoms with Gasteiger partial charge in [0, 0.05) is 37.4 Å². The van der Waals surface area contributed by atoms with Gasteiger partial charge in [-0.15, -0.1) is 0 Å². The van der Waals surface area contributed by atoms with Crippen LogP contribution in [0.5, 0.6) is 0 Å². The van der Waals surface area contributed by atoms with E-state index in [0.717, 1.165) is 24.1 Å². The van der Waals surface area contributed by atoms with E-state index in [0.29, 0.717) is 18.8 Å².